The maximum absolute atomic E-state index is 12.4. The van der Waals surface area contributed by atoms with Crippen LogP contribution < -0.4 is 5.32 Å². The van der Waals surface area contributed by atoms with Gasteiger partial charge in [0.2, 0.25) is 10.0 Å². The van der Waals surface area contributed by atoms with Crippen LogP contribution in [0.25, 0.3) is 0 Å². The van der Waals surface area contributed by atoms with Crippen LogP contribution >= 0.6 is 0 Å². The van der Waals surface area contributed by atoms with Crippen molar-refractivity contribution in [2.45, 2.75) is 25.3 Å². The summed E-state index contributed by atoms with van der Waals surface area (Å²) in [7, 11) is -1.88. The van der Waals surface area contributed by atoms with Gasteiger partial charge in [-0.15, -0.1) is 6.58 Å². The highest BCUT2D eigenvalue weighted by molar-refractivity contribution is 7.89. The first kappa shape index (κ1) is 15.9. The van der Waals surface area contributed by atoms with E-state index in [4.69, 9.17) is 0 Å². The minimum atomic E-state index is -3.45. The molecule has 0 bridgehead atoms. The zero-order valence-electron chi connectivity index (χ0n) is 11.8. The SMILES string of the molecule is C=CCN(C)S(=O)(=O)c1cccc(CNCC)c1C. The maximum Gasteiger partial charge on any atom is 0.243 e. The lowest BCUT2D eigenvalue weighted by atomic mass is 10.1. The fourth-order valence-corrected chi connectivity index (χ4v) is 3.24. The second-order valence-electron chi connectivity index (χ2n) is 4.39. The van der Waals surface area contributed by atoms with Gasteiger partial charge in [-0.2, -0.15) is 4.31 Å². The summed E-state index contributed by atoms with van der Waals surface area (Å²) in [6, 6.07) is 5.39. The molecule has 0 radical (unpaired) electrons. The molecule has 0 aliphatic carbocycles. The smallest absolute Gasteiger partial charge is 0.243 e. The molecule has 5 heteroatoms. The Labute approximate surface area is 116 Å². The summed E-state index contributed by atoms with van der Waals surface area (Å²) in [4.78, 5) is 0.368. The molecule has 0 aromatic heterocycles. The van der Waals surface area contributed by atoms with E-state index in [9.17, 15) is 8.42 Å². The van der Waals surface area contributed by atoms with Gasteiger partial charge in [-0.25, -0.2) is 8.42 Å². The maximum atomic E-state index is 12.4. The highest BCUT2D eigenvalue weighted by atomic mass is 32.2. The molecule has 0 amide bonds. The molecule has 0 aliphatic rings. The van der Waals surface area contributed by atoms with Crippen LogP contribution in [-0.4, -0.2) is 32.9 Å². The monoisotopic (exact) mass is 282 g/mol. The second kappa shape index (κ2) is 6.84. The molecule has 0 saturated carbocycles. The van der Waals surface area contributed by atoms with Crippen LogP contribution in [0.1, 0.15) is 18.1 Å². The first-order valence-corrected chi connectivity index (χ1v) is 7.75. The average molecular weight is 282 g/mol. The molecule has 0 spiro atoms. The number of hydrogen-bond donors (Lipinski definition) is 1. The van der Waals surface area contributed by atoms with Crippen molar-refractivity contribution < 1.29 is 8.42 Å². The van der Waals surface area contributed by atoms with E-state index in [1.807, 2.05) is 19.9 Å². The Morgan fingerprint density at radius 2 is 2.11 bits per heavy atom. The third kappa shape index (κ3) is 3.65. The highest BCUT2D eigenvalue weighted by Gasteiger charge is 2.22. The minimum Gasteiger partial charge on any atom is -0.313 e. The Bertz CT molecular complexity index is 538. The molecule has 0 unspecified atom stereocenters. The van der Waals surface area contributed by atoms with Crippen LogP contribution in [0.2, 0.25) is 0 Å². The Morgan fingerprint density at radius 3 is 2.68 bits per heavy atom. The van der Waals surface area contributed by atoms with E-state index < -0.39 is 10.0 Å². The van der Waals surface area contributed by atoms with E-state index in [0.717, 1.165) is 17.7 Å². The largest absolute Gasteiger partial charge is 0.313 e. The molecule has 1 rings (SSSR count). The standard InChI is InChI=1S/C14H22N2O2S/c1-5-10-16(4)19(17,18)14-9-7-8-13(12(14)3)11-15-6-2/h5,7-9,15H,1,6,10-11H2,2-4H3. The number of rotatable bonds is 7. The van der Waals surface area contributed by atoms with Crippen molar-refractivity contribution in [2.24, 2.45) is 0 Å². The number of sulfonamides is 1. The Balaban J connectivity index is 3.17. The van der Waals surface area contributed by atoms with Crippen molar-refractivity contribution in [1.29, 1.82) is 0 Å². The lowest BCUT2D eigenvalue weighted by molar-refractivity contribution is 0.498. The van der Waals surface area contributed by atoms with Crippen molar-refractivity contribution in [3.05, 3.63) is 42.0 Å². The van der Waals surface area contributed by atoms with Gasteiger partial charge in [-0.3, -0.25) is 0 Å². The molecule has 0 saturated heterocycles. The molecule has 0 aliphatic heterocycles. The van der Waals surface area contributed by atoms with Crippen LogP contribution in [0.5, 0.6) is 0 Å². The summed E-state index contributed by atoms with van der Waals surface area (Å²) in [5.41, 5.74) is 1.81. The van der Waals surface area contributed by atoms with Gasteiger partial charge in [-0.1, -0.05) is 25.1 Å². The van der Waals surface area contributed by atoms with Gasteiger partial charge in [-0.05, 0) is 30.7 Å². The molecular formula is C14H22N2O2S. The van der Waals surface area contributed by atoms with Gasteiger partial charge in [0.05, 0.1) is 4.90 Å². The summed E-state index contributed by atoms with van der Waals surface area (Å²) in [6.07, 6.45) is 1.58. The van der Waals surface area contributed by atoms with Gasteiger partial charge in [0.25, 0.3) is 0 Å². The normalized spacial score (nSPS) is 11.8. The zero-order valence-corrected chi connectivity index (χ0v) is 12.6. The second-order valence-corrected chi connectivity index (χ2v) is 6.41. The van der Waals surface area contributed by atoms with E-state index in [0.29, 0.717) is 18.0 Å². The van der Waals surface area contributed by atoms with Crippen LogP contribution in [0.4, 0.5) is 0 Å². The van der Waals surface area contributed by atoms with Gasteiger partial charge >= 0.3 is 0 Å². The fourth-order valence-electron chi connectivity index (χ4n) is 1.84. The highest BCUT2D eigenvalue weighted by Crippen LogP contribution is 2.21. The lowest BCUT2D eigenvalue weighted by Gasteiger charge is -2.18. The number of nitrogens with zero attached hydrogens (tertiary/aromatic N) is 1. The topological polar surface area (TPSA) is 49.4 Å². The van der Waals surface area contributed by atoms with E-state index in [1.54, 1.807) is 25.3 Å². The first-order valence-electron chi connectivity index (χ1n) is 6.31. The Morgan fingerprint density at radius 1 is 1.42 bits per heavy atom. The van der Waals surface area contributed by atoms with Crippen molar-refractivity contribution in [3.63, 3.8) is 0 Å². The molecule has 0 fully saturated rings. The third-order valence-corrected chi connectivity index (χ3v) is 5.00. The third-order valence-electron chi connectivity index (χ3n) is 3.04. The molecule has 4 nitrogen and oxygen atoms in total. The lowest BCUT2D eigenvalue weighted by Crippen LogP contribution is -2.28. The summed E-state index contributed by atoms with van der Waals surface area (Å²) in [5.74, 6) is 0. The molecule has 1 N–H and O–H groups in total. The van der Waals surface area contributed by atoms with Gasteiger partial charge in [0.15, 0.2) is 0 Å². The predicted octanol–water partition coefficient (Wildman–Crippen LogP) is 1.91. The summed E-state index contributed by atoms with van der Waals surface area (Å²) in [6.45, 7) is 9.28. The minimum absolute atomic E-state index is 0.305. The van der Waals surface area contributed by atoms with Gasteiger partial charge in [0, 0.05) is 20.1 Å². The van der Waals surface area contributed by atoms with Crippen molar-refractivity contribution in [3.8, 4) is 0 Å². The van der Waals surface area contributed by atoms with Crippen LogP contribution in [0.15, 0.2) is 35.7 Å². The van der Waals surface area contributed by atoms with Crippen molar-refractivity contribution in [1.82, 2.24) is 9.62 Å². The van der Waals surface area contributed by atoms with Crippen LogP contribution in [0.3, 0.4) is 0 Å². The molecule has 1 aromatic carbocycles. The molecular weight excluding hydrogens is 260 g/mol. The van der Waals surface area contributed by atoms with Gasteiger partial charge < -0.3 is 5.32 Å². The number of benzene rings is 1. The fraction of sp³-hybridized carbons (Fsp3) is 0.429. The molecule has 0 atom stereocenters. The summed E-state index contributed by atoms with van der Waals surface area (Å²) < 4.78 is 26.2. The van der Waals surface area contributed by atoms with E-state index in [2.05, 4.69) is 11.9 Å². The van der Waals surface area contributed by atoms with Gasteiger partial charge in [0.1, 0.15) is 0 Å². The molecule has 19 heavy (non-hydrogen) atoms. The van der Waals surface area contributed by atoms with E-state index in [1.165, 1.54) is 4.31 Å². The first-order chi connectivity index (χ1) is 8.95. The Hall–Kier alpha value is -1.17. The van der Waals surface area contributed by atoms with Crippen molar-refractivity contribution in [2.75, 3.05) is 20.1 Å². The zero-order chi connectivity index (χ0) is 14.5. The predicted molar refractivity (Wildman–Crippen MR) is 78.6 cm³/mol. The summed E-state index contributed by atoms with van der Waals surface area (Å²) in [5, 5.41) is 3.21. The van der Waals surface area contributed by atoms with Crippen molar-refractivity contribution >= 4 is 10.0 Å². The Kier molecular flexibility index (Phi) is 5.72. The molecule has 106 valence electrons. The number of hydrogen-bond acceptors (Lipinski definition) is 3. The van der Waals surface area contributed by atoms with Crippen LogP contribution in [-0.2, 0) is 16.6 Å². The number of nitrogens with one attached hydrogen (secondary N) is 1. The van der Waals surface area contributed by atoms with Crippen LogP contribution in [0, 0.1) is 6.92 Å². The van der Waals surface area contributed by atoms with E-state index in [-0.39, 0.29) is 0 Å². The summed E-state index contributed by atoms with van der Waals surface area (Å²) >= 11 is 0. The van der Waals surface area contributed by atoms with E-state index >= 15 is 0 Å². The average Bonchev–Trinajstić information content (AvgIpc) is 2.37. The molecule has 0 heterocycles. The quantitative estimate of drug-likeness (QED) is 0.777. The molecule has 1 aromatic rings. The number of likely N-dealkylation sites (N-methyl/N-ethyl adjacent to an activating group) is 1.